The minimum absolute atomic E-state index is 0.0412. The highest BCUT2D eigenvalue weighted by Crippen LogP contribution is 2.40. The van der Waals surface area contributed by atoms with Gasteiger partial charge in [-0.15, -0.1) is 0 Å². The first-order valence-electron chi connectivity index (χ1n) is 11.4. The summed E-state index contributed by atoms with van der Waals surface area (Å²) in [6, 6.07) is 7.54. The summed E-state index contributed by atoms with van der Waals surface area (Å²) in [6.45, 7) is 7.70. The van der Waals surface area contributed by atoms with E-state index in [2.05, 4.69) is 0 Å². The molecule has 2 aromatic rings. The molecule has 0 radical (unpaired) electrons. The average Bonchev–Trinajstić information content (AvgIpc) is 2.99. The molecule has 206 valence electrons. The molecular formula is C26H24F4N4O4S. The van der Waals surface area contributed by atoms with Crippen LogP contribution in [0.5, 0.6) is 0 Å². The predicted molar refractivity (Wildman–Crippen MR) is 138 cm³/mol. The Morgan fingerprint density at radius 1 is 1.08 bits per heavy atom. The van der Waals surface area contributed by atoms with Crippen LogP contribution in [0.1, 0.15) is 56.1 Å². The highest BCUT2D eigenvalue weighted by Gasteiger charge is 2.51. The van der Waals surface area contributed by atoms with Gasteiger partial charge in [0.25, 0.3) is 11.8 Å². The molecule has 1 saturated heterocycles. The van der Waals surface area contributed by atoms with Crippen molar-refractivity contribution in [2.45, 2.75) is 51.9 Å². The fourth-order valence-electron chi connectivity index (χ4n) is 3.87. The lowest BCUT2D eigenvalue weighted by Gasteiger charge is -2.29. The Morgan fingerprint density at radius 2 is 1.67 bits per heavy atom. The normalized spacial score (nSPS) is 15.3. The minimum Gasteiger partial charge on any atom is -0.443 e. The quantitative estimate of drug-likeness (QED) is 0.352. The summed E-state index contributed by atoms with van der Waals surface area (Å²) >= 11 is 5.43. The molecule has 0 aliphatic carbocycles. The lowest BCUT2D eigenvalue weighted by molar-refractivity contribution is -0.137. The van der Waals surface area contributed by atoms with Gasteiger partial charge in [-0.1, -0.05) is 0 Å². The number of carbonyl (C=O) groups excluding carboxylic acids is 3. The van der Waals surface area contributed by atoms with Crippen LogP contribution in [0.4, 0.5) is 33.7 Å². The van der Waals surface area contributed by atoms with Gasteiger partial charge in [-0.2, -0.15) is 18.4 Å². The van der Waals surface area contributed by atoms with Crippen LogP contribution in [-0.2, 0) is 15.7 Å². The first-order valence-corrected chi connectivity index (χ1v) is 11.8. The van der Waals surface area contributed by atoms with Crippen molar-refractivity contribution in [3.8, 4) is 6.07 Å². The summed E-state index contributed by atoms with van der Waals surface area (Å²) in [6.07, 6.45) is -5.85. The number of nitriles is 1. The van der Waals surface area contributed by atoms with Gasteiger partial charge in [0.05, 0.1) is 28.4 Å². The topological polar surface area (TPSA) is 93.9 Å². The number of halogens is 4. The van der Waals surface area contributed by atoms with Crippen molar-refractivity contribution in [2.75, 3.05) is 16.8 Å². The van der Waals surface area contributed by atoms with Crippen LogP contribution >= 0.6 is 12.2 Å². The van der Waals surface area contributed by atoms with Gasteiger partial charge in [0.15, 0.2) is 5.11 Å². The van der Waals surface area contributed by atoms with Crippen molar-refractivity contribution in [1.82, 2.24) is 4.90 Å². The molecule has 0 atom stereocenters. The maximum atomic E-state index is 15.2. The molecule has 13 heteroatoms. The van der Waals surface area contributed by atoms with Crippen molar-refractivity contribution in [3.63, 3.8) is 0 Å². The molecular weight excluding hydrogens is 540 g/mol. The third-order valence-electron chi connectivity index (χ3n) is 5.77. The van der Waals surface area contributed by atoms with E-state index in [1.807, 2.05) is 0 Å². The molecule has 3 amide bonds. The lowest BCUT2D eigenvalue weighted by atomic mass is 10.0. The van der Waals surface area contributed by atoms with Gasteiger partial charge in [0.1, 0.15) is 17.0 Å². The second-order valence-corrected chi connectivity index (χ2v) is 10.5. The molecule has 1 aliphatic heterocycles. The predicted octanol–water partition coefficient (Wildman–Crippen LogP) is 5.64. The molecule has 0 aromatic heterocycles. The van der Waals surface area contributed by atoms with Crippen molar-refractivity contribution < 1.29 is 36.7 Å². The monoisotopic (exact) mass is 564 g/mol. The number of benzene rings is 2. The standard InChI is InChI=1S/C26H24F4N4O4S/c1-24(2,3)38-23(37)32(6)20(35)17-10-9-16(12-19(17)27)34-22(39)33(21(36)25(34,4)5)15-8-7-14(13-31)18(11-15)26(28,29)30/h7-12H,1-6H3. The van der Waals surface area contributed by atoms with Crippen molar-refractivity contribution in [1.29, 1.82) is 5.26 Å². The summed E-state index contributed by atoms with van der Waals surface area (Å²) in [5.41, 5.74) is -4.86. The van der Waals surface area contributed by atoms with Crippen LogP contribution in [0.15, 0.2) is 36.4 Å². The van der Waals surface area contributed by atoms with E-state index < -0.39 is 57.7 Å². The van der Waals surface area contributed by atoms with Gasteiger partial charge in [0, 0.05) is 12.7 Å². The summed E-state index contributed by atoms with van der Waals surface area (Å²) in [7, 11) is 1.13. The van der Waals surface area contributed by atoms with Gasteiger partial charge < -0.3 is 9.64 Å². The average molecular weight is 565 g/mol. The number of alkyl halides is 3. The van der Waals surface area contributed by atoms with Gasteiger partial charge >= 0.3 is 12.3 Å². The molecule has 0 saturated carbocycles. The highest BCUT2D eigenvalue weighted by molar-refractivity contribution is 7.81. The highest BCUT2D eigenvalue weighted by atomic mass is 32.1. The number of amides is 3. The van der Waals surface area contributed by atoms with Crippen LogP contribution in [0.3, 0.4) is 0 Å². The maximum absolute atomic E-state index is 15.2. The zero-order valence-electron chi connectivity index (χ0n) is 21.8. The first-order chi connectivity index (χ1) is 17.8. The molecule has 2 aromatic carbocycles. The van der Waals surface area contributed by atoms with Crippen molar-refractivity contribution in [2.24, 2.45) is 0 Å². The lowest BCUT2D eigenvalue weighted by Crippen LogP contribution is -2.44. The van der Waals surface area contributed by atoms with Crippen LogP contribution < -0.4 is 9.80 Å². The molecule has 0 N–H and O–H groups in total. The molecule has 1 fully saturated rings. The van der Waals surface area contributed by atoms with E-state index in [1.165, 1.54) is 30.9 Å². The molecule has 0 unspecified atom stereocenters. The zero-order chi connectivity index (χ0) is 29.7. The Balaban J connectivity index is 1.99. The number of nitrogens with zero attached hydrogens (tertiary/aromatic N) is 4. The number of rotatable bonds is 3. The van der Waals surface area contributed by atoms with Crippen LogP contribution in [-0.4, -0.2) is 46.1 Å². The number of carbonyl (C=O) groups is 3. The number of ether oxygens (including phenoxy) is 1. The first kappa shape index (κ1) is 29.5. The fourth-order valence-corrected chi connectivity index (χ4v) is 4.39. The zero-order valence-corrected chi connectivity index (χ0v) is 22.6. The molecule has 39 heavy (non-hydrogen) atoms. The number of hydrogen-bond acceptors (Lipinski definition) is 6. The molecule has 8 nitrogen and oxygen atoms in total. The fraction of sp³-hybridized carbons (Fsp3) is 0.346. The third-order valence-corrected chi connectivity index (χ3v) is 6.13. The second-order valence-electron chi connectivity index (χ2n) is 10.2. The summed E-state index contributed by atoms with van der Waals surface area (Å²) in [4.78, 5) is 41.0. The largest absolute Gasteiger partial charge is 0.443 e. The number of imide groups is 1. The van der Waals surface area contributed by atoms with E-state index >= 15 is 4.39 Å². The van der Waals surface area contributed by atoms with Crippen LogP contribution in [0, 0.1) is 17.1 Å². The maximum Gasteiger partial charge on any atom is 0.417 e. The smallest absolute Gasteiger partial charge is 0.417 e. The number of anilines is 2. The summed E-state index contributed by atoms with van der Waals surface area (Å²) in [5, 5.41) is 8.82. The molecule has 1 heterocycles. The van der Waals surface area contributed by atoms with Crippen molar-refractivity contribution in [3.05, 3.63) is 58.9 Å². The summed E-state index contributed by atoms with van der Waals surface area (Å²) in [5.74, 6) is -2.71. The van der Waals surface area contributed by atoms with Gasteiger partial charge in [-0.3, -0.25) is 14.5 Å². The Hall–Kier alpha value is -4.05. The minimum atomic E-state index is -4.86. The van der Waals surface area contributed by atoms with E-state index in [1.54, 1.807) is 20.8 Å². The third kappa shape index (κ3) is 5.56. The Bertz CT molecular complexity index is 1430. The van der Waals surface area contributed by atoms with Crippen molar-refractivity contribution >= 4 is 46.6 Å². The van der Waals surface area contributed by atoms with E-state index in [0.717, 1.165) is 36.2 Å². The van der Waals surface area contributed by atoms with Crippen LogP contribution in [0.2, 0.25) is 0 Å². The Kier molecular flexibility index (Phi) is 7.51. The van der Waals surface area contributed by atoms with Gasteiger partial charge in [0.2, 0.25) is 0 Å². The van der Waals surface area contributed by atoms with Gasteiger partial charge in [-0.25, -0.2) is 14.1 Å². The summed E-state index contributed by atoms with van der Waals surface area (Å²) < 4.78 is 60.9. The SMILES string of the molecule is CN(C(=O)OC(C)(C)C)C(=O)c1ccc(N2C(=S)N(c3ccc(C#N)c(C(F)(F)F)c3)C(=O)C2(C)C)cc1F. The Morgan fingerprint density at radius 3 is 2.18 bits per heavy atom. The van der Waals surface area contributed by atoms with E-state index in [-0.39, 0.29) is 16.5 Å². The van der Waals surface area contributed by atoms with Gasteiger partial charge in [-0.05, 0) is 83.2 Å². The number of hydrogen-bond donors (Lipinski definition) is 0. The van der Waals surface area contributed by atoms with Crippen LogP contribution in [0.25, 0.3) is 0 Å². The molecule has 3 rings (SSSR count). The number of thiocarbonyl (C=S) groups is 1. The van der Waals surface area contributed by atoms with E-state index in [9.17, 15) is 27.6 Å². The Labute approximate surface area is 227 Å². The molecule has 0 bridgehead atoms. The second kappa shape index (κ2) is 9.92. The van der Waals surface area contributed by atoms with E-state index in [0.29, 0.717) is 11.0 Å². The molecule has 0 spiro atoms. The molecule has 1 aliphatic rings. The van der Waals surface area contributed by atoms with E-state index in [4.69, 9.17) is 22.2 Å².